The summed E-state index contributed by atoms with van der Waals surface area (Å²) in [6, 6.07) is 6.07. The van der Waals surface area contributed by atoms with Crippen molar-refractivity contribution >= 4 is 36.1 Å². The Morgan fingerprint density at radius 2 is 0.946 bits per heavy atom. The minimum Gasteiger partial charge on any atom is -0.459 e. The molecule has 1 rings (SSSR count). The van der Waals surface area contributed by atoms with E-state index < -0.39 is 71.0 Å². The molecule has 0 aliphatic carbocycles. The van der Waals surface area contributed by atoms with E-state index in [1.165, 1.54) is 0 Å². The highest BCUT2D eigenvalue weighted by Gasteiger charge is 2.29. The summed E-state index contributed by atoms with van der Waals surface area (Å²) in [7, 11) is 0. The second kappa shape index (κ2) is 24.8. The van der Waals surface area contributed by atoms with Gasteiger partial charge < -0.3 is 51.3 Å². The molecule has 0 saturated carbocycles. The molecule has 0 unspecified atom stereocenters. The highest BCUT2D eigenvalue weighted by Crippen LogP contribution is 2.12. The average Bonchev–Trinajstić information content (AvgIpc) is 3.06. The van der Waals surface area contributed by atoms with Crippen molar-refractivity contribution in [3.05, 3.63) is 35.9 Å². The molecule has 16 nitrogen and oxygen atoms in total. The average molecular weight is 793 g/mol. The molecule has 0 saturated heterocycles. The zero-order valence-corrected chi connectivity index (χ0v) is 35.0. The van der Waals surface area contributed by atoms with Crippen LogP contribution in [0.2, 0.25) is 0 Å². The number of carbonyl (C=O) groups excluding carboxylic acids is 6. The summed E-state index contributed by atoms with van der Waals surface area (Å²) in [4.78, 5) is 76.4. The number of hydrogen-bond acceptors (Lipinski definition) is 11. The molecule has 0 fully saturated rings. The number of benzene rings is 1. The Kier molecular flexibility index (Phi) is 21.9. The fraction of sp³-hybridized carbons (Fsp3) is 0.700. The van der Waals surface area contributed by atoms with Crippen molar-refractivity contribution < 1.29 is 47.7 Å². The molecule has 0 spiro atoms. The first-order valence-corrected chi connectivity index (χ1v) is 19.5. The number of carbonyl (C=O) groups is 6. The molecule has 1 aromatic rings. The molecule has 0 aliphatic rings. The Labute approximate surface area is 332 Å². The van der Waals surface area contributed by atoms with Gasteiger partial charge in [0.05, 0.1) is 6.04 Å². The van der Waals surface area contributed by atoms with Gasteiger partial charge in [-0.05, 0) is 126 Å². The topological polar surface area (TPSA) is 226 Å². The van der Waals surface area contributed by atoms with Crippen LogP contribution in [0.4, 0.5) is 14.4 Å². The maximum absolute atomic E-state index is 13.8. The number of nitrogens with two attached hydrogens (primary N) is 1. The maximum Gasteiger partial charge on any atom is 0.407 e. The third-order valence-corrected chi connectivity index (χ3v) is 7.58. The van der Waals surface area contributed by atoms with Crippen LogP contribution in [-0.4, -0.2) is 90.6 Å². The molecule has 0 aliphatic heterocycles. The molecule has 56 heavy (non-hydrogen) atoms. The summed E-state index contributed by atoms with van der Waals surface area (Å²) < 4.78 is 21.3. The van der Waals surface area contributed by atoms with Gasteiger partial charge in [-0.2, -0.15) is 0 Å². The normalized spacial score (nSPS) is 13.2. The Bertz CT molecular complexity index is 1370. The van der Waals surface area contributed by atoms with E-state index in [2.05, 4.69) is 26.6 Å². The third-order valence-electron chi connectivity index (χ3n) is 7.58. The van der Waals surface area contributed by atoms with Gasteiger partial charge in [0.2, 0.25) is 11.8 Å². The van der Waals surface area contributed by atoms with Crippen molar-refractivity contribution in [1.29, 1.82) is 0 Å². The van der Waals surface area contributed by atoms with Crippen molar-refractivity contribution in [3.8, 4) is 0 Å². The van der Waals surface area contributed by atoms with Crippen LogP contribution in [0.15, 0.2) is 30.3 Å². The Morgan fingerprint density at radius 1 is 0.554 bits per heavy atom. The van der Waals surface area contributed by atoms with Gasteiger partial charge in [-0.25, -0.2) is 19.2 Å². The highest BCUT2D eigenvalue weighted by atomic mass is 16.6. The Morgan fingerprint density at radius 3 is 1.38 bits per heavy atom. The largest absolute Gasteiger partial charge is 0.459 e. The van der Waals surface area contributed by atoms with Crippen LogP contribution >= 0.6 is 0 Å². The molecule has 318 valence electrons. The molecular weight excluding hydrogens is 724 g/mol. The van der Waals surface area contributed by atoms with E-state index in [0.29, 0.717) is 58.0 Å². The molecule has 0 radical (unpaired) electrons. The number of alkyl carbamates (subject to hydrolysis) is 3. The summed E-state index contributed by atoms with van der Waals surface area (Å²) >= 11 is 0. The van der Waals surface area contributed by atoms with Gasteiger partial charge in [0, 0.05) is 19.6 Å². The zero-order valence-electron chi connectivity index (χ0n) is 35.0. The van der Waals surface area contributed by atoms with Crippen molar-refractivity contribution in [3.63, 3.8) is 0 Å². The summed E-state index contributed by atoms with van der Waals surface area (Å²) in [6.07, 6.45) is 1.94. The monoisotopic (exact) mass is 792 g/mol. The number of unbranched alkanes of at least 4 members (excludes halogenated alkanes) is 3. The van der Waals surface area contributed by atoms with E-state index in [9.17, 15) is 28.8 Å². The molecule has 7 N–H and O–H groups in total. The van der Waals surface area contributed by atoms with E-state index >= 15 is 0 Å². The zero-order chi connectivity index (χ0) is 42.4. The first-order chi connectivity index (χ1) is 26.0. The van der Waals surface area contributed by atoms with Crippen LogP contribution in [0, 0.1) is 0 Å². The van der Waals surface area contributed by atoms with Gasteiger partial charge in [0.25, 0.3) is 0 Å². The lowest BCUT2D eigenvalue weighted by atomic mass is 10.0. The van der Waals surface area contributed by atoms with E-state index in [1.54, 1.807) is 62.3 Å². The van der Waals surface area contributed by atoms with Gasteiger partial charge >= 0.3 is 24.2 Å². The van der Waals surface area contributed by atoms with Crippen LogP contribution in [-0.2, 0) is 39.9 Å². The number of rotatable bonds is 22. The molecule has 5 amide bonds. The molecule has 3 atom stereocenters. The SMILES string of the molecule is CC(C)(C)OC(=O)NCCCC[C@H](NC(=O)[C@@H](N)CCCCNC(=O)OC(C)(C)C)C(=O)N[C@@H](CCCCNC(=O)OC(C)(C)C)C(=O)OCc1ccccc1. The van der Waals surface area contributed by atoms with Gasteiger partial charge in [-0.1, -0.05) is 30.3 Å². The van der Waals surface area contributed by atoms with E-state index in [1.807, 2.05) is 30.3 Å². The smallest absolute Gasteiger partial charge is 0.407 e. The molecule has 1 aromatic carbocycles. The number of hydrogen-bond donors (Lipinski definition) is 6. The summed E-state index contributed by atoms with van der Waals surface area (Å²) in [6.45, 7) is 16.8. The van der Waals surface area contributed by atoms with E-state index in [4.69, 9.17) is 24.7 Å². The van der Waals surface area contributed by atoms with Gasteiger partial charge in [-0.15, -0.1) is 0 Å². The second-order valence-corrected chi connectivity index (χ2v) is 16.6. The van der Waals surface area contributed by atoms with E-state index in [-0.39, 0.29) is 26.0 Å². The van der Waals surface area contributed by atoms with Crippen LogP contribution in [0.25, 0.3) is 0 Å². The van der Waals surface area contributed by atoms with Gasteiger partial charge in [-0.3, -0.25) is 9.59 Å². The number of esters is 1. The minimum atomic E-state index is -1.05. The van der Waals surface area contributed by atoms with Crippen LogP contribution in [0.5, 0.6) is 0 Å². The minimum absolute atomic E-state index is 0.000790. The number of amides is 5. The molecule has 0 heterocycles. The standard InChI is InChI=1S/C40H68N6O10/c1-38(2,3)54-35(50)42-24-16-13-21-29(41)32(47)45-30(22-14-17-25-43-36(51)55-39(4,5)6)33(48)46-31(34(49)53-27-28-19-11-10-12-20-28)23-15-18-26-44-37(52)56-40(7,8)9/h10-12,19-20,29-31H,13-18,21-27,41H2,1-9H3,(H,42,50)(H,43,51)(H,44,52)(H,45,47)(H,46,48)/t29-,30-,31-/m0/s1. The van der Waals surface area contributed by atoms with Crippen LogP contribution < -0.4 is 32.3 Å². The predicted octanol–water partition coefficient (Wildman–Crippen LogP) is 5.11. The lowest BCUT2D eigenvalue weighted by Gasteiger charge is -2.24. The highest BCUT2D eigenvalue weighted by molar-refractivity contribution is 5.92. The van der Waals surface area contributed by atoms with Crippen molar-refractivity contribution in [2.75, 3.05) is 19.6 Å². The number of ether oxygens (including phenoxy) is 4. The first kappa shape index (κ1) is 49.4. The molecule has 0 bridgehead atoms. The lowest BCUT2D eigenvalue weighted by molar-refractivity contribution is -0.149. The lowest BCUT2D eigenvalue weighted by Crippen LogP contribution is -2.54. The first-order valence-electron chi connectivity index (χ1n) is 19.5. The van der Waals surface area contributed by atoms with Crippen LogP contribution in [0.3, 0.4) is 0 Å². The predicted molar refractivity (Wildman–Crippen MR) is 212 cm³/mol. The van der Waals surface area contributed by atoms with E-state index in [0.717, 1.165) is 5.56 Å². The summed E-state index contributed by atoms with van der Waals surface area (Å²) in [5, 5.41) is 13.6. The quantitative estimate of drug-likeness (QED) is 0.0514. The second-order valence-electron chi connectivity index (χ2n) is 16.6. The van der Waals surface area contributed by atoms with Gasteiger partial charge in [0.15, 0.2) is 0 Å². The maximum atomic E-state index is 13.8. The number of nitrogens with one attached hydrogen (secondary N) is 5. The van der Waals surface area contributed by atoms with Crippen molar-refractivity contribution in [1.82, 2.24) is 26.6 Å². The summed E-state index contributed by atoms with van der Waals surface area (Å²) in [5.74, 6) is -1.79. The van der Waals surface area contributed by atoms with Crippen molar-refractivity contribution in [2.24, 2.45) is 5.73 Å². The van der Waals surface area contributed by atoms with Crippen LogP contribution in [0.1, 0.15) is 126 Å². The Hall–Kier alpha value is -4.60. The molecule has 16 heteroatoms. The fourth-order valence-corrected chi connectivity index (χ4v) is 4.98. The van der Waals surface area contributed by atoms with Gasteiger partial charge in [0.1, 0.15) is 35.5 Å². The molecular formula is C40H68N6O10. The Balaban J connectivity index is 2.96. The third kappa shape index (κ3) is 25.5. The fourth-order valence-electron chi connectivity index (χ4n) is 4.98. The van der Waals surface area contributed by atoms with Crippen molar-refractivity contribution in [2.45, 2.75) is 162 Å². The molecule has 0 aromatic heterocycles. The summed E-state index contributed by atoms with van der Waals surface area (Å²) in [5.41, 5.74) is 5.06.